The van der Waals surface area contributed by atoms with E-state index in [1.54, 1.807) is 4.68 Å². The zero-order valence-electron chi connectivity index (χ0n) is 17.7. The third kappa shape index (κ3) is 4.03. The monoisotopic (exact) mass is 510 g/mol. The van der Waals surface area contributed by atoms with Crippen LogP contribution < -0.4 is 10.5 Å². The molecule has 9 heteroatoms. The second kappa shape index (κ2) is 9.01. The first kappa shape index (κ1) is 21.1. The smallest absolute Gasteiger partial charge is 0.286 e. The number of benzene rings is 2. The Kier molecular flexibility index (Phi) is 5.95. The van der Waals surface area contributed by atoms with Gasteiger partial charge >= 0.3 is 0 Å². The Bertz CT molecular complexity index is 1260. The molecular formula is C23H23BrN6OS. The van der Waals surface area contributed by atoms with E-state index in [-0.39, 0.29) is 5.56 Å². The van der Waals surface area contributed by atoms with Gasteiger partial charge in [-0.25, -0.2) is 4.68 Å². The number of hydrogen-bond donors (Lipinski definition) is 0. The van der Waals surface area contributed by atoms with Crippen LogP contribution in [0.5, 0.6) is 0 Å². The van der Waals surface area contributed by atoms with Crippen LogP contribution in [0.3, 0.4) is 0 Å². The molecule has 0 unspecified atom stereocenters. The Morgan fingerprint density at radius 1 is 0.969 bits per heavy atom. The van der Waals surface area contributed by atoms with E-state index >= 15 is 0 Å². The fourth-order valence-electron chi connectivity index (χ4n) is 4.00. The van der Waals surface area contributed by atoms with Gasteiger partial charge in [0.05, 0.1) is 11.4 Å². The van der Waals surface area contributed by atoms with Gasteiger partial charge in [-0.1, -0.05) is 48.5 Å². The van der Waals surface area contributed by atoms with Gasteiger partial charge in [0.15, 0.2) is 5.82 Å². The maximum Gasteiger partial charge on any atom is 0.286 e. The molecule has 2 aromatic carbocycles. The second-order valence-electron chi connectivity index (χ2n) is 7.77. The first-order chi connectivity index (χ1) is 15.6. The minimum atomic E-state index is -0.0327. The molecule has 0 N–H and O–H groups in total. The van der Waals surface area contributed by atoms with Gasteiger partial charge in [0.1, 0.15) is 4.47 Å². The van der Waals surface area contributed by atoms with E-state index in [2.05, 4.69) is 30.1 Å². The normalized spacial score (nSPS) is 14.8. The predicted molar refractivity (Wildman–Crippen MR) is 132 cm³/mol. The lowest BCUT2D eigenvalue weighted by atomic mass is 10.2. The average Bonchev–Trinajstić information content (AvgIpc) is 3.41. The van der Waals surface area contributed by atoms with E-state index in [0.717, 1.165) is 54.1 Å². The minimum Gasteiger partial charge on any atom is -0.344 e. The summed E-state index contributed by atoms with van der Waals surface area (Å²) in [5, 5.41) is 0.965. The van der Waals surface area contributed by atoms with Crippen molar-refractivity contribution in [2.45, 2.75) is 6.54 Å². The van der Waals surface area contributed by atoms with Gasteiger partial charge in [0.25, 0.3) is 5.56 Å². The number of anilines is 1. The van der Waals surface area contributed by atoms with E-state index in [1.165, 1.54) is 11.5 Å². The van der Waals surface area contributed by atoms with Crippen molar-refractivity contribution in [1.29, 1.82) is 0 Å². The van der Waals surface area contributed by atoms with Crippen molar-refractivity contribution in [3.63, 3.8) is 0 Å². The van der Waals surface area contributed by atoms with Crippen molar-refractivity contribution in [3.05, 3.63) is 81.2 Å². The molecule has 1 fully saturated rings. The molecule has 0 bridgehead atoms. The number of hydrogen-bond acceptors (Lipinski definition) is 6. The van der Waals surface area contributed by atoms with E-state index in [1.807, 2.05) is 72.4 Å². The lowest BCUT2D eigenvalue weighted by Crippen LogP contribution is -2.46. The molecule has 0 spiro atoms. The van der Waals surface area contributed by atoms with E-state index < -0.39 is 0 Å². The van der Waals surface area contributed by atoms with Crippen LogP contribution in [0.2, 0.25) is 0 Å². The second-order valence-corrected chi connectivity index (χ2v) is 9.29. The highest BCUT2D eigenvalue weighted by atomic mass is 79.9. The number of rotatable bonds is 5. The van der Waals surface area contributed by atoms with Gasteiger partial charge in [0, 0.05) is 56.9 Å². The van der Waals surface area contributed by atoms with Crippen LogP contribution in [0, 0.1) is 0 Å². The zero-order valence-corrected chi connectivity index (χ0v) is 20.1. The van der Waals surface area contributed by atoms with E-state index in [4.69, 9.17) is 4.98 Å². The molecule has 7 nitrogen and oxygen atoms in total. The summed E-state index contributed by atoms with van der Waals surface area (Å²) >= 11 is 5.00. The Morgan fingerprint density at radius 3 is 2.31 bits per heavy atom. The molecule has 3 heterocycles. The molecule has 2 aromatic heterocycles. The van der Waals surface area contributed by atoms with Crippen LogP contribution in [0.1, 0.15) is 5.69 Å². The molecule has 0 saturated carbocycles. The molecule has 0 amide bonds. The topological polar surface area (TPSA) is 59.2 Å². The summed E-state index contributed by atoms with van der Waals surface area (Å²) in [7, 11) is 1.94. The molecule has 1 aliphatic heterocycles. The summed E-state index contributed by atoms with van der Waals surface area (Å²) in [5.74, 6) is 0.786. The number of piperazine rings is 1. The molecule has 0 atom stereocenters. The number of nitrogens with zero attached hydrogens (tertiary/aromatic N) is 6. The molecule has 1 aliphatic rings. The molecule has 1 saturated heterocycles. The lowest BCUT2D eigenvalue weighted by molar-refractivity contribution is 0.242. The predicted octanol–water partition coefficient (Wildman–Crippen LogP) is 3.78. The highest BCUT2D eigenvalue weighted by Gasteiger charge is 2.24. The minimum absolute atomic E-state index is 0.0327. The van der Waals surface area contributed by atoms with Crippen LogP contribution in [0.25, 0.3) is 17.1 Å². The maximum atomic E-state index is 12.9. The standard InChI is InChI=1S/C23H23BrN6OS/c1-27-19(20(24)22(31)30(27)18-10-6-3-7-11-18)16-28-12-14-29(15-13-28)23-25-21(26-32-23)17-8-4-2-5-9-17/h2-11H,12-16H2,1H3. The van der Waals surface area contributed by atoms with Gasteiger partial charge in [-0.3, -0.25) is 14.4 Å². The molecule has 5 rings (SSSR count). The summed E-state index contributed by atoms with van der Waals surface area (Å²) in [5.41, 5.74) is 2.86. The third-order valence-corrected chi connectivity index (χ3v) is 7.36. The van der Waals surface area contributed by atoms with Crippen molar-refractivity contribution >= 4 is 32.6 Å². The van der Waals surface area contributed by atoms with Gasteiger partial charge in [-0.2, -0.15) is 9.36 Å². The molecule has 0 radical (unpaired) electrons. The summed E-state index contributed by atoms with van der Waals surface area (Å²) in [4.78, 5) is 22.3. The first-order valence-electron chi connectivity index (χ1n) is 10.5. The van der Waals surface area contributed by atoms with Crippen molar-refractivity contribution in [3.8, 4) is 17.1 Å². The molecule has 32 heavy (non-hydrogen) atoms. The van der Waals surface area contributed by atoms with Crippen molar-refractivity contribution in [1.82, 2.24) is 23.6 Å². The quantitative estimate of drug-likeness (QED) is 0.408. The maximum absolute atomic E-state index is 12.9. The van der Waals surface area contributed by atoms with Crippen molar-refractivity contribution < 1.29 is 0 Å². The summed E-state index contributed by atoms with van der Waals surface area (Å²) in [6, 6.07) is 19.8. The fourth-order valence-corrected chi connectivity index (χ4v) is 5.29. The SMILES string of the molecule is Cn1c(CN2CCN(c3nc(-c4ccccc4)ns3)CC2)c(Br)c(=O)n1-c1ccccc1. The third-order valence-electron chi connectivity index (χ3n) is 5.79. The fraction of sp³-hybridized carbons (Fsp3) is 0.261. The average molecular weight is 511 g/mol. The van der Waals surface area contributed by atoms with Crippen molar-refractivity contribution in [2.75, 3.05) is 31.1 Å². The Labute approximate surface area is 198 Å². The first-order valence-corrected chi connectivity index (χ1v) is 12.1. The van der Waals surface area contributed by atoms with E-state index in [0.29, 0.717) is 11.0 Å². The molecule has 4 aromatic rings. The van der Waals surface area contributed by atoms with Gasteiger partial charge in [-0.15, -0.1) is 0 Å². The lowest BCUT2D eigenvalue weighted by Gasteiger charge is -2.34. The van der Waals surface area contributed by atoms with Crippen LogP contribution >= 0.6 is 27.5 Å². The molecular weight excluding hydrogens is 488 g/mol. The molecule has 164 valence electrons. The van der Waals surface area contributed by atoms with Gasteiger partial charge < -0.3 is 4.90 Å². The Balaban J connectivity index is 1.27. The number of halogens is 1. The highest BCUT2D eigenvalue weighted by Crippen LogP contribution is 2.25. The largest absolute Gasteiger partial charge is 0.344 e. The molecule has 0 aliphatic carbocycles. The zero-order chi connectivity index (χ0) is 22.1. The summed E-state index contributed by atoms with van der Waals surface area (Å²) in [6.45, 7) is 4.28. The van der Waals surface area contributed by atoms with Gasteiger partial charge in [0.2, 0.25) is 5.13 Å². The van der Waals surface area contributed by atoms with E-state index in [9.17, 15) is 4.79 Å². The number of aromatic nitrogens is 4. The summed E-state index contributed by atoms with van der Waals surface area (Å²) in [6.07, 6.45) is 0. The van der Waals surface area contributed by atoms with Crippen LogP contribution in [0.15, 0.2) is 69.9 Å². The Hall–Kier alpha value is -2.75. The van der Waals surface area contributed by atoms with Crippen LogP contribution in [-0.4, -0.2) is 49.8 Å². The van der Waals surface area contributed by atoms with Crippen molar-refractivity contribution in [2.24, 2.45) is 7.05 Å². The van der Waals surface area contributed by atoms with Crippen LogP contribution in [-0.2, 0) is 13.6 Å². The van der Waals surface area contributed by atoms with Gasteiger partial charge in [-0.05, 0) is 28.1 Å². The summed E-state index contributed by atoms with van der Waals surface area (Å²) < 4.78 is 8.83. The van der Waals surface area contributed by atoms with Crippen LogP contribution in [0.4, 0.5) is 5.13 Å². The highest BCUT2D eigenvalue weighted by molar-refractivity contribution is 9.10. The number of para-hydroxylation sites is 1. The Morgan fingerprint density at radius 2 is 1.62 bits per heavy atom.